The van der Waals surface area contributed by atoms with Crippen LogP contribution < -0.4 is 0 Å². The van der Waals surface area contributed by atoms with Gasteiger partial charge < -0.3 is 0 Å². The average Bonchev–Trinajstić information content (AvgIpc) is 2.34. The Bertz CT molecular complexity index is 559. The lowest BCUT2D eigenvalue weighted by Gasteiger charge is -2.28. The number of imide groups is 1. The number of rotatable bonds is 2. The molecule has 19 heavy (non-hydrogen) atoms. The second kappa shape index (κ2) is 5.19. The van der Waals surface area contributed by atoms with E-state index in [1.54, 1.807) is 0 Å². The molecule has 0 aromatic heterocycles. The zero-order valence-corrected chi connectivity index (χ0v) is 10.5. The van der Waals surface area contributed by atoms with Gasteiger partial charge in [-0.15, -0.1) is 0 Å². The van der Waals surface area contributed by atoms with Crippen molar-refractivity contribution in [3.05, 3.63) is 35.1 Å². The van der Waals surface area contributed by atoms with Crippen LogP contribution in [-0.2, 0) is 16.1 Å². The molecule has 1 heterocycles. The summed E-state index contributed by atoms with van der Waals surface area (Å²) in [6.45, 7) is 1.81. The molecule has 0 unspecified atom stereocenters. The highest BCUT2D eigenvalue weighted by atomic mass is 19.1. The van der Waals surface area contributed by atoms with Crippen molar-refractivity contribution in [2.24, 2.45) is 5.92 Å². The zero-order valence-electron chi connectivity index (χ0n) is 10.5. The van der Waals surface area contributed by atoms with E-state index >= 15 is 0 Å². The first-order valence-electron chi connectivity index (χ1n) is 6.03. The summed E-state index contributed by atoms with van der Waals surface area (Å²) >= 11 is 0. The monoisotopic (exact) mass is 260 g/mol. The number of hydrogen-bond donors (Lipinski definition) is 0. The molecule has 1 aliphatic heterocycles. The van der Waals surface area contributed by atoms with E-state index in [2.05, 4.69) is 0 Å². The van der Waals surface area contributed by atoms with E-state index in [4.69, 9.17) is 5.26 Å². The maximum Gasteiger partial charge on any atom is 0.229 e. The highest BCUT2D eigenvalue weighted by Crippen LogP contribution is 2.22. The maximum absolute atomic E-state index is 13.2. The van der Waals surface area contributed by atoms with E-state index < -0.39 is 5.82 Å². The molecule has 1 aliphatic rings. The van der Waals surface area contributed by atoms with E-state index in [-0.39, 0.29) is 29.8 Å². The van der Waals surface area contributed by atoms with Crippen molar-refractivity contribution in [2.45, 2.75) is 26.3 Å². The number of amides is 2. The number of likely N-dealkylation sites (tertiary alicyclic amines) is 1. The van der Waals surface area contributed by atoms with Gasteiger partial charge in [0.15, 0.2) is 0 Å². The van der Waals surface area contributed by atoms with Crippen LogP contribution in [0.5, 0.6) is 0 Å². The standard InChI is InChI=1S/C14H13FN2O2/c1-9-4-13(18)17(14(19)5-9)8-11-6-12(15)3-2-10(11)7-16/h2-3,6,9H,4-5,8H2,1H3. The minimum atomic E-state index is -0.487. The largest absolute Gasteiger partial charge is 0.278 e. The summed E-state index contributed by atoms with van der Waals surface area (Å²) in [6.07, 6.45) is 0.617. The molecule has 98 valence electrons. The van der Waals surface area contributed by atoms with Crippen molar-refractivity contribution in [1.82, 2.24) is 4.90 Å². The van der Waals surface area contributed by atoms with Crippen molar-refractivity contribution in [2.75, 3.05) is 0 Å². The summed E-state index contributed by atoms with van der Waals surface area (Å²) in [6, 6.07) is 5.66. The molecule has 2 amide bonds. The fourth-order valence-electron chi connectivity index (χ4n) is 2.18. The van der Waals surface area contributed by atoms with Gasteiger partial charge >= 0.3 is 0 Å². The topological polar surface area (TPSA) is 61.2 Å². The molecule has 1 saturated heterocycles. The summed E-state index contributed by atoms with van der Waals surface area (Å²) in [5.41, 5.74) is 0.638. The van der Waals surface area contributed by atoms with E-state index in [1.165, 1.54) is 18.2 Å². The van der Waals surface area contributed by atoms with E-state index in [0.717, 1.165) is 4.90 Å². The van der Waals surface area contributed by atoms with Crippen molar-refractivity contribution in [3.8, 4) is 6.07 Å². The fourth-order valence-corrected chi connectivity index (χ4v) is 2.18. The van der Waals surface area contributed by atoms with Gasteiger partial charge in [0.2, 0.25) is 11.8 Å². The Balaban J connectivity index is 2.26. The van der Waals surface area contributed by atoms with E-state index in [1.807, 2.05) is 13.0 Å². The molecule has 0 radical (unpaired) electrons. The van der Waals surface area contributed by atoms with Crippen molar-refractivity contribution in [3.63, 3.8) is 0 Å². The predicted octanol–water partition coefficient (Wildman–Crippen LogP) is 1.98. The Kier molecular flexibility index (Phi) is 3.61. The summed E-state index contributed by atoms with van der Waals surface area (Å²) in [5, 5.41) is 8.95. The molecule has 0 saturated carbocycles. The fraction of sp³-hybridized carbons (Fsp3) is 0.357. The molecule has 2 rings (SSSR count). The second-order valence-corrected chi connectivity index (χ2v) is 4.80. The molecule has 0 N–H and O–H groups in total. The number of halogens is 1. The number of piperidine rings is 1. The van der Waals surface area contributed by atoms with Gasteiger partial charge in [0.05, 0.1) is 18.2 Å². The molecule has 1 fully saturated rings. The molecule has 4 nitrogen and oxygen atoms in total. The highest BCUT2D eigenvalue weighted by Gasteiger charge is 2.30. The molecular weight excluding hydrogens is 247 g/mol. The summed E-state index contributed by atoms with van der Waals surface area (Å²) in [7, 11) is 0. The number of hydrogen-bond acceptors (Lipinski definition) is 3. The van der Waals surface area contributed by atoms with Gasteiger partial charge in [-0.25, -0.2) is 4.39 Å². The zero-order chi connectivity index (χ0) is 14.0. The molecule has 0 aliphatic carbocycles. The van der Waals surface area contributed by atoms with Crippen LogP contribution >= 0.6 is 0 Å². The number of benzene rings is 1. The first-order chi connectivity index (χ1) is 9.01. The van der Waals surface area contributed by atoms with Crippen molar-refractivity contribution in [1.29, 1.82) is 5.26 Å². The summed E-state index contributed by atoms with van der Waals surface area (Å²) < 4.78 is 13.2. The van der Waals surface area contributed by atoms with E-state index in [0.29, 0.717) is 18.4 Å². The van der Waals surface area contributed by atoms with Gasteiger partial charge in [0, 0.05) is 12.8 Å². The Morgan fingerprint density at radius 1 is 1.37 bits per heavy atom. The van der Waals surface area contributed by atoms with Gasteiger partial charge in [-0.2, -0.15) is 5.26 Å². The maximum atomic E-state index is 13.2. The Morgan fingerprint density at radius 3 is 2.58 bits per heavy atom. The molecule has 5 heteroatoms. The van der Waals surface area contributed by atoms with Gasteiger partial charge in [0.25, 0.3) is 0 Å². The van der Waals surface area contributed by atoms with Gasteiger partial charge in [-0.1, -0.05) is 6.92 Å². The molecule has 0 spiro atoms. The van der Waals surface area contributed by atoms with Gasteiger partial charge in [-0.3, -0.25) is 14.5 Å². The van der Waals surface area contributed by atoms with Crippen LogP contribution in [0.1, 0.15) is 30.9 Å². The van der Waals surface area contributed by atoms with Crippen LogP contribution in [0.3, 0.4) is 0 Å². The van der Waals surface area contributed by atoms with Crippen LogP contribution in [0.2, 0.25) is 0 Å². The number of nitrogens with zero attached hydrogens (tertiary/aromatic N) is 2. The quantitative estimate of drug-likeness (QED) is 0.764. The second-order valence-electron chi connectivity index (χ2n) is 4.80. The van der Waals surface area contributed by atoms with Gasteiger partial charge in [0.1, 0.15) is 5.82 Å². The number of nitriles is 1. The third-order valence-electron chi connectivity index (χ3n) is 3.16. The van der Waals surface area contributed by atoms with Crippen LogP contribution in [0, 0.1) is 23.1 Å². The van der Waals surface area contributed by atoms with E-state index in [9.17, 15) is 14.0 Å². The lowest BCUT2D eigenvalue weighted by Crippen LogP contribution is -2.42. The first kappa shape index (κ1) is 13.2. The first-order valence-corrected chi connectivity index (χ1v) is 6.03. The van der Waals surface area contributed by atoms with Crippen LogP contribution in [-0.4, -0.2) is 16.7 Å². The molecule has 0 atom stereocenters. The predicted molar refractivity (Wildman–Crippen MR) is 65.1 cm³/mol. The van der Waals surface area contributed by atoms with Crippen molar-refractivity contribution >= 4 is 11.8 Å². The lowest BCUT2D eigenvalue weighted by molar-refractivity contribution is -0.150. The van der Waals surface area contributed by atoms with Crippen LogP contribution in [0.15, 0.2) is 18.2 Å². The number of carbonyl (C=O) groups is 2. The molecule has 0 bridgehead atoms. The average molecular weight is 260 g/mol. The smallest absolute Gasteiger partial charge is 0.229 e. The third kappa shape index (κ3) is 2.79. The third-order valence-corrected chi connectivity index (χ3v) is 3.16. The lowest BCUT2D eigenvalue weighted by atomic mass is 9.97. The Hall–Kier alpha value is -2.22. The summed E-state index contributed by atoms with van der Waals surface area (Å²) in [4.78, 5) is 24.8. The molecule has 1 aromatic carbocycles. The SMILES string of the molecule is CC1CC(=O)N(Cc2cc(F)ccc2C#N)C(=O)C1. The minimum absolute atomic E-state index is 0.0367. The highest BCUT2D eigenvalue weighted by molar-refractivity contribution is 5.97. The van der Waals surface area contributed by atoms with Crippen LogP contribution in [0.25, 0.3) is 0 Å². The minimum Gasteiger partial charge on any atom is -0.278 e. The Labute approximate surface area is 110 Å². The van der Waals surface area contributed by atoms with Crippen molar-refractivity contribution < 1.29 is 14.0 Å². The van der Waals surface area contributed by atoms with Gasteiger partial charge in [-0.05, 0) is 29.7 Å². The molecule has 1 aromatic rings. The molecular formula is C14H13FN2O2. The normalized spacial score (nSPS) is 16.6. The van der Waals surface area contributed by atoms with Crippen LogP contribution in [0.4, 0.5) is 4.39 Å². The Morgan fingerprint density at radius 2 is 2.00 bits per heavy atom. The number of carbonyl (C=O) groups excluding carboxylic acids is 2. The summed E-state index contributed by atoms with van der Waals surface area (Å²) in [5.74, 6) is -0.979.